The lowest BCUT2D eigenvalue weighted by Crippen LogP contribution is -2.29. The van der Waals surface area contributed by atoms with Gasteiger partial charge >= 0.3 is 5.91 Å². The number of thioether (sulfide) groups is 1. The van der Waals surface area contributed by atoms with Gasteiger partial charge in [-0.1, -0.05) is 61.2 Å². The maximum absolute atomic E-state index is 13.6. The van der Waals surface area contributed by atoms with E-state index in [-0.39, 0.29) is 22.3 Å². The third-order valence-electron chi connectivity index (χ3n) is 6.90. The molecule has 0 radical (unpaired) electrons. The van der Waals surface area contributed by atoms with Crippen molar-refractivity contribution in [1.29, 1.82) is 0 Å². The predicted octanol–water partition coefficient (Wildman–Crippen LogP) is 7.42. The second-order valence-corrected chi connectivity index (χ2v) is 12.7. The van der Waals surface area contributed by atoms with Crippen molar-refractivity contribution in [2.75, 3.05) is 18.1 Å². The molecule has 1 fully saturated rings. The van der Waals surface area contributed by atoms with Gasteiger partial charge < -0.3 is 14.6 Å². The molecule has 1 aliphatic heterocycles. The molecule has 0 bridgehead atoms. The summed E-state index contributed by atoms with van der Waals surface area (Å²) in [6.07, 6.45) is 0.865. The topological polar surface area (TPSA) is 102 Å². The summed E-state index contributed by atoms with van der Waals surface area (Å²) in [4.78, 5) is 28.5. The van der Waals surface area contributed by atoms with Gasteiger partial charge in [0, 0.05) is 11.3 Å². The summed E-state index contributed by atoms with van der Waals surface area (Å²) in [6, 6.07) is 19.1. The van der Waals surface area contributed by atoms with E-state index in [9.17, 15) is 19.1 Å². The Hall–Kier alpha value is -4.22. The first-order valence-electron chi connectivity index (χ1n) is 14.2. The summed E-state index contributed by atoms with van der Waals surface area (Å²) in [6.45, 7) is 7.09. The van der Waals surface area contributed by atoms with Gasteiger partial charge in [-0.15, -0.1) is 10.2 Å². The molecule has 1 amide bonds. The van der Waals surface area contributed by atoms with Gasteiger partial charge in [0.25, 0.3) is 5.78 Å². The van der Waals surface area contributed by atoms with Crippen molar-refractivity contribution in [1.82, 2.24) is 10.2 Å². The van der Waals surface area contributed by atoms with Gasteiger partial charge in [-0.2, -0.15) is 0 Å². The predicted molar refractivity (Wildman–Crippen MR) is 170 cm³/mol. The second kappa shape index (κ2) is 14.0. The normalized spacial score (nSPS) is 16.1. The quantitative estimate of drug-likeness (QED) is 0.0566. The number of nitrogens with zero attached hydrogens (tertiary/aromatic N) is 3. The average Bonchev–Trinajstić information content (AvgIpc) is 3.59. The van der Waals surface area contributed by atoms with Crippen molar-refractivity contribution in [2.45, 2.75) is 43.3 Å². The van der Waals surface area contributed by atoms with Crippen LogP contribution >= 0.6 is 23.1 Å². The molecule has 4 aromatic rings. The van der Waals surface area contributed by atoms with E-state index in [4.69, 9.17) is 9.47 Å². The van der Waals surface area contributed by atoms with Crippen molar-refractivity contribution in [2.24, 2.45) is 5.92 Å². The van der Waals surface area contributed by atoms with Crippen LogP contribution in [0.15, 0.2) is 82.7 Å². The van der Waals surface area contributed by atoms with Gasteiger partial charge in [-0.3, -0.25) is 14.5 Å². The summed E-state index contributed by atoms with van der Waals surface area (Å²) >= 11 is 2.55. The average molecular weight is 634 g/mol. The van der Waals surface area contributed by atoms with E-state index in [1.165, 1.54) is 28.8 Å². The van der Waals surface area contributed by atoms with Crippen LogP contribution in [0.4, 0.5) is 9.52 Å². The second-order valence-electron chi connectivity index (χ2n) is 10.5. The smallest absolute Gasteiger partial charge is 0.301 e. The van der Waals surface area contributed by atoms with E-state index in [0.29, 0.717) is 51.9 Å². The number of anilines is 1. The third kappa shape index (κ3) is 7.11. The molecule has 44 heavy (non-hydrogen) atoms. The van der Waals surface area contributed by atoms with E-state index in [1.807, 2.05) is 13.0 Å². The minimum absolute atomic E-state index is 0.0609. The van der Waals surface area contributed by atoms with Crippen LogP contribution < -0.4 is 14.4 Å². The molecule has 5 rings (SSSR count). The summed E-state index contributed by atoms with van der Waals surface area (Å²) in [5.41, 5.74) is 1.79. The number of benzene rings is 3. The summed E-state index contributed by atoms with van der Waals surface area (Å²) in [5.74, 6) is -0.0817. The molecule has 3 aromatic carbocycles. The number of ketones is 1. The Morgan fingerprint density at radius 2 is 1.77 bits per heavy atom. The monoisotopic (exact) mass is 633 g/mol. The van der Waals surface area contributed by atoms with Crippen LogP contribution in [0.1, 0.15) is 49.9 Å². The fourth-order valence-corrected chi connectivity index (χ4v) is 6.47. The number of Topliss-reactive ketones (excluding diaryl/α,β-unsaturated/α-hetero) is 1. The maximum atomic E-state index is 13.6. The van der Waals surface area contributed by atoms with Crippen LogP contribution in [0, 0.1) is 11.7 Å². The van der Waals surface area contributed by atoms with Crippen molar-refractivity contribution < 1.29 is 28.6 Å². The van der Waals surface area contributed by atoms with E-state index >= 15 is 0 Å². The highest BCUT2D eigenvalue weighted by Crippen LogP contribution is 2.44. The Morgan fingerprint density at radius 3 is 2.48 bits per heavy atom. The van der Waals surface area contributed by atoms with Crippen LogP contribution in [0.3, 0.4) is 0 Å². The Labute approximate surface area is 263 Å². The van der Waals surface area contributed by atoms with Crippen LogP contribution in [0.5, 0.6) is 11.5 Å². The molecule has 0 spiro atoms. The fourth-order valence-electron chi connectivity index (χ4n) is 4.65. The molecule has 0 aliphatic carbocycles. The van der Waals surface area contributed by atoms with Gasteiger partial charge in [-0.05, 0) is 78.9 Å². The lowest BCUT2D eigenvalue weighted by atomic mass is 9.95. The van der Waals surface area contributed by atoms with E-state index in [2.05, 4.69) is 24.0 Å². The zero-order chi connectivity index (χ0) is 31.2. The van der Waals surface area contributed by atoms with E-state index in [1.54, 1.807) is 54.6 Å². The molecule has 228 valence electrons. The Bertz CT molecular complexity index is 1650. The minimum Gasteiger partial charge on any atom is -0.507 e. The molecular formula is C33H32FN3O5S2. The van der Waals surface area contributed by atoms with Gasteiger partial charge in [-0.25, -0.2) is 4.39 Å². The molecule has 1 saturated heterocycles. The number of aromatic nitrogens is 2. The number of hydrogen-bond donors (Lipinski definition) is 1. The number of hydrogen-bond acceptors (Lipinski definition) is 9. The first kappa shape index (κ1) is 31.2. The molecule has 11 heteroatoms. The zero-order valence-corrected chi connectivity index (χ0v) is 26.2. The van der Waals surface area contributed by atoms with Crippen LogP contribution in [0.2, 0.25) is 0 Å². The third-order valence-corrected chi connectivity index (χ3v) is 9.03. The number of carbonyl (C=O) groups excluding carboxylic acids is 2. The summed E-state index contributed by atoms with van der Waals surface area (Å²) in [7, 11) is 0. The number of aliphatic hydroxyl groups is 1. The van der Waals surface area contributed by atoms with E-state index < -0.39 is 17.7 Å². The lowest BCUT2D eigenvalue weighted by molar-refractivity contribution is -0.132. The highest BCUT2D eigenvalue weighted by Gasteiger charge is 2.48. The van der Waals surface area contributed by atoms with Gasteiger partial charge in [0.1, 0.15) is 23.1 Å². The van der Waals surface area contributed by atoms with Crippen molar-refractivity contribution in [3.05, 3.63) is 101 Å². The van der Waals surface area contributed by atoms with Gasteiger partial charge in [0.15, 0.2) is 4.34 Å². The largest absolute Gasteiger partial charge is 0.507 e. The number of amides is 1. The van der Waals surface area contributed by atoms with Crippen LogP contribution in [-0.2, 0) is 15.3 Å². The number of ether oxygens (including phenoxy) is 2. The standard InChI is InChI=1S/C33H32FN3O5S2/c1-4-41-25-14-10-22(11-15-25)29(38)27-28(23-6-5-7-26(18-23)42-17-16-20(2)3)37(31(40)30(27)39)32-35-36-33(44-32)43-19-21-8-12-24(34)13-9-21/h5-15,18,20,28,38H,4,16-17,19H2,1-3H3/b29-27+. The van der Waals surface area contributed by atoms with E-state index in [0.717, 1.165) is 23.3 Å². The molecular weight excluding hydrogens is 602 g/mol. The molecule has 1 atom stereocenters. The first-order chi connectivity index (χ1) is 21.2. The summed E-state index contributed by atoms with van der Waals surface area (Å²) in [5, 5.41) is 20.2. The summed E-state index contributed by atoms with van der Waals surface area (Å²) < 4.78 is 25.4. The van der Waals surface area contributed by atoms with Crippen LogP contribution in [0.25, 0.3) is 5.76 Å². The van der Waals surface area contributed by atoms with Crippen molar-refractivity contribution in [3.8, 4) is 11.5 Å². The molecule has 0 saturated carbocycles. The number of halogens is 1. The molecule has 1 unspecified atom stereocenters. The van der Waals surface area contributed by atoms with Gasteiger partial charge in [0.2, 0.25) is 5.13 Å². The maximum Gasteiger partial charge on any atom is 0.301 e. The Kier molecular flexibility index (Phi) is 9.96. The van der Waals surface area contributed by atoms with Crippen molar-refractivity contribution in [3.63, 3.8) is 0 Å². The van der Waals surface area contributed by atoms with Crippen molar-refractivity contribution >= 4 is 45.7 Å². The fraction of sp³-hybridized carbons (Fsp3) is 0.273. The molecule has 2 heterocycles. The molecule has 8 nitrogen and oxygen atoms in total. The number of carbonyl (C=O) groups is 2. The van der Waals surface area contributed by atoms with Gasteiger partial charge in [0.05, 0.1) is 24.8 Å². The highest BCUT2D eigenvalue weighted by atomic mass is 32.2. The highest BCUT2D eigenvalue weighted by molar-refractivity contribution is 8.00. The lowest BCUT2D eigenvalue weighted by Gasteiger charge is -2.23. The zero-order valence-electron chi connectivity index (χ0n) is 24.5. The van der Waals surface area contributed by atoms with Crippen LogP contribution in [-0.4, -0.2) is 40.2 Å². The number of aliphatic hydroxyl groups excluding tert-OH is 1. The Morgan fingerprint density at radius 1 is 1.02 bits per heavy atom. The Balaban J connectivity index is 1.51. The minimum atomic E-state index is -0.974. The SMILES string of the molecule is CCOc1ccc(/C(O)=C2\C(=O)C(=O)N(c3nnc(SCc4ccc(F)cc4)s3)C2c2cccc(OCCC(C)C)c2)cc1. The molecule has 1 N–H and O–H groups in total. The molecule has 1 aromatic heterocycles. The number of rotatable bonds is 12. The molecule has 1 aliphatic rings. The first-order valence-corrected chi connectivity index (χ1v) is 16.0.